The number of nitrogens with one attached hydrogen (secondary N) is 1. The van der Waals surface area contributed by atoms with Gasteiger partial charge < -0.3 is 10.1 Å². The molecule has 1 N–H and O–H groups in total. The minimum absolute atomic E-state index is 0.105. The van der Waals surface area contributed by atoms with Gasteiger partial charge >= 0.3 is 0 Å². The van der Waals surface area contributed by atoms with E-state index in [9.17, 15) is 4.79 Å². The maximum atomic E-state index is 12.3. The van der Waals surface area contributed by atoms with Crippen LogP contribution in [-0.4, -0.2) is 29.5 Å². The van der Waals surface area contributed by atoms with Crippen LogP contribution < -0.4 is 10.9 Å². The first-order valence-electron chi connectivity index (χ1n) is 7.31. The summed E-state index contributed by atoms with van der Waals surface area (Å²) in [6.45, 7) is 3.14. The maximum Gasteiger partial charge on any atom is 0.291 e. The zero-order valence-electron chi connectivity index (χ0n) is 11.5. The van der Waals surface area contributed by atoms with Crippen LogP contribution in [0, 0.1) is 11.8 Å². The molecule has 0 spiro atoms. The third kappa shape index (κ3) is 3.33. The van der Waals surface area contributed by atoms with Crippen LogP contribution in [0.4, 0.5) is 5.69 Å². The summed E-state index contributed by atoms with van der Waals surface area (Å²) in [6.07, 6.45) is 6.06. The van der Waals surface area contributed by atoms with Gasteiger partial charge in [0, 0.05) is 26.3 Å². The van der Waals surface area contributed by atoms with Gasteiger partial charge in [0.05, 0.1) is 11.2 Å². The van der Waals surface area contributed by atoms with Crippen molar-refractivity contribution in [3.05, 3.63) is 21.6 Å². The van der Waals surface area contributed by atoms with E-state index in [1.165, 1.54) is 17.5 Å². The van der Waals surface area contributed by atoms with Crippen LogP contribution in [0.25, 0.3) is 0 Å². The van der Waals surface area contributed by atoms with Crippen molar-refractivity contribution in [3.63, 3.8) is 0 Å². The first-order chi connectivity index (χ1) is 9.74. The molecule has 0 aromatic carbocycles. The first-order valence-corrected chi connectivity index (χ1v) is 7.69. The predicted molar refractivity (Wildman–Crippen MR) is 78.3 cm³/mol. The molecule has 20 heavy (non-hydrogen) atoms. The lowest BCUT2D eigenvalue weighted by atomic mass is 10.1. The molecule has 6 heteroatoms. The summed E-state index contributed by atoms with van der Waals surface area (Å²) in [4.78, 5) is 12.3. The highest BCUT2D eigenvalue weighted by Gasteiger charge is 2.23. The Bertz CT molecular complexity index is 522. The van der Waals surface area contributed by atoms with Gasteiger partial charge in [0.1, 0.15) is 5.69 Å². The molecule has 3 rings (SSSR count). The van der Waals surface area contributed by atoms with E-state index < -0.39 is 0 Å². The number of aromatic nitrogens is 2. The smallest absolute Gasteiger partial charge is 0.291 e. The molecular weight excluding hydrogens is 278 g/mol. The van der Waals surface area contributed by atoms with E-state index in [0.717, 1.165) is 32.6 Å². The molecule has 5 nitrogen and oxygen atoms in total. The number of anilines is 1. The monoisotopic (exact) mass is 297 g/mol. The van der Waals surface area contributed by atoms with Crippen molar-refractivity contribution in [1.29, 1.82) is 0 Å². The summed E-state index contributed by atoms with van der Waals surface area (Å²) in [5.74, 6) is 1.21. The molecule has 1 atom stereocenters. The molecule has 0 amide bonds. The molecule has 1 saturated heterocycles. The second-order valence-electron chi connectivity index (χ2n) is 5.74. The lowest BCUT2D eigenvalue weighted by Crippen LogP contribution is -2.27. The lowest BCUT2D eigenvalue weighted by molar-refractivity contribution is 0.185. The Balaban J connectivity index is 1.62. The Kier molecular flexibility index (Phi) is 4.27. The number of rotatable bonds is 6. The van der Waals surface area contributed by atoms with Crippen molar-refractivity contribution in [2.75, 3.05) is 25.1 Å². The van der Waals surface area contributed by atoms with Crippen LogP contribution in [0.15, 0.2) is 11.0 Å². The zero-order chi connectivity index (χ0) is 13.9. The molecule has 1 aliphatic heterocycles. The molecule has 1 aromatic heterocycles. The highest BCUT2D eigenvalue weighted by atomic mass is 35.5. The summed E-state index contributed by atoms with van der Waals surface area (Å²) in [5.41, 5.74) is 0.383. The number of hydrogen-bond acceptors (Lipinski definition) is 4. The number of hydrogen-bond donors (Lipinski definition) is 1. The van der Waals surface area contributed by atoms with Crippen molar-refractivity contribution < 1.29 is 4.74 Å². The minimum atomic E-state index is -0.105. The molecule has 1 aromatic rings. The number of halogens is 1. The van der Waals surface area contributed by atoms with E-state index in [1.807, 2.05) is 0 Å². The third-order valence-corrected chi connectivity index (χ3v) is 4.29. The van der Waals surface area contributed by atoms with Crippen molar-refractivity contribution in [2.24, 2.45) is 11.8 Å². The third-order valence-electron chi connectivity index (χ3n) is 4.00. The summed E-state index contributed by atoms with van der Waals surface area (Å²) in [6, 6.07) is 0. The average molecular weight is 298 g/mol. The zero-order valence-corrected chi connectivity index (χ0v) is 12.2. The Labute approximate surface area is 123 Å². The van der Waals surface area contributed by atoms with Gasteiger partial charge in [-0.05, 0) is 37.5 Å². The van der Waals surface area contributed by atoms with E-state index in [2.05, 4.69) is 10.4 Å². The molecule has 0 radical (unpaired) electrons. The van der Waals surface area contributed by atoms with Crippen molar-refractivity contribution >= 4 is 17.3 Å². The summed E-state index contributed by atoms with van der Waals surface area (Å²) >= 11 is 6.09. The second-order valence-corrected chi connectivity index (χ2v) is 6.15. The van der Waals surface area contributed by atoms with E-state index >= 15 is 0 Å². The van der Waals surface area contributed by atoms with Gasteiger partial charge in [0.25, 0.3) is 5.56 Å². The highest BCUT2D eigenvalue weighted by molar-refractivity contribution is 6.32. The van der Waals surface area contributed by atoms with Gasteiger partial charge in [0.2, 0.25) is 0 Å². The molecule has 0 bridgehead atoms. The van der Waals surface area contributed by atoms with Gasteiger partial charge in [-0.2, -0.15) is 5.10 Å². The molecule has 110 valence electrons. The summed E-state index contributed by atoms with van der Waals surface area (Å²) in [5, 5.41) is 7.70. The lowest BCUT2D eigenvalue weighted by Gasteiger charge is -2.12. The SMILES string of the molecule is O=c1c(NCCC2CCOC2)c(Cl)cnn1CC1CC1. The fraction of sp³-hybridized carbons (Fsp3) is 0.714. The van der Waals surface area contributed by atoms with Gasteiger partial charge in [-0.15, -0.1) is 0 Å². The fourth-order valence-corrected chi connectivity index (χ4v) is 2.71. The van der Waals surface area contributed by atoms with E-state index in [1.54, 1.807) is 6.20 Å². The molecule has 1 unspecified atom stereocenters. The van der Waals surface area contributed by atoms with Crippen molar-refractivity contribution in [1.82, 2.24) is 9.78 Å². The maximum absolute atomic E-state index is 12.3. The predicted octanol–water partition coefficient (Wildman–Crippen LogP) is 2.15. The first kappa shape index (κ1) is 13.9. The van der Waals surface area contributed by atoms with Crippen LogP contribution in [0.1, 0.15) is 25.7 Å². The summed E-state index contributed by atoms with van der Waals surface area (Å²) in [7, 11) is 0. The summed E-state index contributed by atoms with van der Waals surface area (Å²) < 4.78 is 6.88. The van der Waals surface area contributed by atoms with E-state index in [4.69, 9.17) is 16.3 Å². The van der Waals surface area contributed by atoms with Crippen LogP contribution in [-0.2, 0) is 11.3 Å². The normalized spacial score (nSPS) is 22.1. The van der Waals surface area contributed by atoms with Gasteiger partial charge in [-0.25, -0.2) is 4.68 Å². The van der Waals surface area contributed by atoms with Crippen LogP contribution in [0.3, 0.4) is 0 Å². The Morgan fingerprint density at radius 2 is 2.25 bits per heavy atom. The largest absolute Gasteiger partial charge is 0.381 e. The fourth-order valence-electron chi connectivity index (χ4n) is 2.52. The second kappa shape index (κ2) is 6.14. The van der Waals surface area contributed by atoms with Crippen molar-refractivity contribution in [3.8, 4) is 0 Å². The molecule has 2 heterocycles. The molecule has 1 aliphatic carbocycles. The van der Waals surface area contributed by atoms with Gasteiger partial charge in [-0.1, -0.05) is 11.6 Å². The van der Waals surface area contributed by atoms with E-state index in [-0.39, 0.29) is 5.56 Å². The van der Waals surface area contributed by atoms with Gasteiger partial charge in [0.15, 0.2) is 0 Å². The standard InChI is InChI=1S/C14H20ClN3O2/c15-12-7-17-18(8-10-1-2-10)14(19)13(12)16-5-3-11-4-6-20-9-11/h7,10-11,16H,1-6,8-9H2. The number of nitrogens with zero attached hydrogens (tertiary/aromatic N) is 2. The van der Waals surface area contributed by atoms with Crippen LogP contribution >= 0.6 is 11.6 Å². The number of ether oxygens (including phenoxy) is 1. The Morgan fingerprint density at radius 3 is 2.95 bits per heavy atom. The average Bonchev–Trinajstić information content (AvgIpc) is 3.10. The van der Waals surface area contributed by atoms with Gasteiger partial charge in [-0.3, -0.25) is 4.79 Å². The Morgan fingerprint density at radius 1 is 1.40 bits per heavy atom. The van der Waals surface area contributed by atoms with Crippen molar-refractivity contribution in [2.45, 2.75) is 32.2 Å². The highest BCUT2D eigenvalue weighted by Crippen LogP contribution is 2.30. The molecule has 2 fully saturated rings. The molecule has 1 saturated carbocycles. The molecular formula is C14H20ClN3O2. The quantitative estimate of drug-likeness (QED) is 0.874. The van der Waals surface area contributed by atoms with Crippen LogP contribution in [0.5, 0.6) is 0 Å². The topological polar surface area (TPSA) is 56.1 Å². The minimum Gasteiger partial charge on any atom is -0.381 e. The van der Waals surface area contributed by atoms with Crippen LogP contribution in [0.2, 0.25) is 5.02 Å². The molecule has 2 aliphatic rings. The van der Waals surface area contributed by atoms with E-state index in [0.29, 0.717) is 29.1 Å². The Hall–Kier alpha value is -1.07.